The van der Waals surface area contributed by atoms with Gasteiger partial charge in [-0.15, -0.1) is 0 Å². The summed E-state index contributed by atoms with van der Waals surface area (Å²) >= 11 is 0. The van der Waals surface area contributed by atoms with Gasteiger partial charge in [0.15, 0.2) is 0 Å². The lowest BCUT2D eigenvalue weighted by molar-refractivity contribution is 0.0695. The van der Waals surface area contributed by atoms with Crippen LogP contribution >= 0.6 is 0 Å². The summed E-state index contributed by atoms with van der Waals surface area (Å²) < 4.78 is 10.3. The van der Waals surface area contributed by atoms with Crippen LogP contribution in [0.3, 0.4) is 0 Å². The van der Waals surface area contributed by atoms with Gasteiger partial charge in [-0.3, -0.25) is 0 Å². The molecule has 0 aliphatic carbocycles. The van der Waals surface area contributed by atoms with E-state index in [4.69, 9.17) is 14.6 Å². The Morgan fingerprint density at radius 3 is 2.75 bits per heavy atom. The summed E-state index contributed by atoms with van der Waals surface area (Å²) in [6.07, 6.45) is 0.785. The quantitative estimate of drug-likeness (QED) is 0.752. The Morgan fingerprint density at radius 1 is 1.38 bits per heavy atom. The molecule has 0 aliphatic heterocycles. The van der Waals surface area contributed by atoms with E-state index in [0.29, 0.717) is 19.0 Å². The number of hydrogen-bond acceptors (Lipinski definition) is 3. The number of aromatic carboxylic acids is 1. The molecule has 0 atom stereocenters. The van der Waals surface area contributed by atoms with Crippen LogP contribution < -0.4 is 4.74 Å². The Labute approximate surface area is 94.8 Å². The maximum absolute atomic E-state index is 10.9. The van der Waals surface area contributed by atoms with Crippen molar-refractivity contribution in [2.24, 2.45) is 0 Å². The van der Waals surface area contributed by atoms with E-state index >= 15 is 0 Å². The third-order valence-corrected chi connectivity index (χ3v) is 2.20. The molecular weight excluding hydrogens is 208 g/mol. The predicted octanol–water partition coefficient (Wildman–Crippen LogP) is 2.11. The zero-order valence-electron chi connectivity index (χ0n) is 9.53. The third kappa shape index (κ3) is 3.55. The molecule has 0 aromatic heterocycles. The average molecular weight is 224 g/mol. The van der Waals surface area contributed by atoms with Gasteiger partial charge in [0.1, 0.15) is 5.75 Å². The molecule has 0 saturated carbocycles. The molecule has 1 aromatic rings. The number of methoxy groups -OCH3 is 1. The molecule has 0 saturated heterocycles. The highest BCUT2D eigenvalue weighted by Gasteiger charge is 2.08. The van der Waals surface area contributed by atoms with Gasteiger partial charge >= 0.3 is 5.97 Å². The topological polar surface area (TPSA) is 55.8 Å². The molecule has 0 fully saturated rings. The van der Waals surface area contributed by atoms with E-state index in [0.717, 1.165) is 12.0 Å². The highest BCUT2D eigenvalue weighted by molar-refractivity contribution is 5.89. The van der Waals surface area contributed by atoms with Crippen molar-refractivity contribution < 1.29 is 19.4 Å². The van der Waals surface area contributed by atoms with Gasteiger partial charge in [-0.05, 0) is 24.6 Å². The van der Waals surface area contributed by atoms with Gasteiger partial charge in [-0.2, -0.15) is 0 Å². The van der Waals surface area contributed by atoms with E-state index in [1.54, 1.807) is 32.2 Å². The predicted molar refractivity (Wildman–Crippen MR) is 60.1 cm³/mol. The zero-order chi connectivity index (χ0) is 12.0. The molecule has 0 amide bonds. The number of ether oxygens (including phenoxy) is 2. The third-order valence-electron chi connectivity index (χ3n) is 2.20. The highest BCUT2D eigenvalue weighted by Crippen LogP contribution is 2.17. The van der Waals surface area contributed by atoms with E-state index in [1.807, 2.05) is 0 Å². The lowest BCUT2D eigenvalue weighted by Crippen LogP contribution is -2.04. The van der Waals surface area contributed by atoms with Gasteiger partial charge in [0.2, 0.25) is 0 Å². The summed E-state index contributed by atoms with van der Waals surface area (Å²) in [4.78, 5) is 10.9. The van der Waals surface area contributed by atoms with Gasteiger partial charge in [0, 0.05) is 20.1 Å². The van der Waals surface area contributed by atoms with Crippen molar-refractivity contribution in [3.8, 4) is 5.75 Å². The molecule has 0 radical (unpaired) electrons. The summed E-state index contributed by atoms with van der Waals surface area (Å²) in [5.41, 5.74) is 1.01. The standard InChI is InChI=1S/C12H16O4/c1-9-4-5-10(8-11(9)12(13)14)16-7-3-6-15-2/h4-5,8H,3,6-7H2,1-2H3,(H,13,14). The molecule has 1 rings (SSSR count). The Morgan fingerprint density at radius 2 is 2.12 bits per heavy atom. The van der Waals surface area contributed by atoms with Crippen molar-refractivity contribution in [2.75, 3.05) is 20.3 Å². The summed E-state index contributed by atoms with van der Waals surface area (Å²) in [6, 6.07) is 5.06. The molecule has 16 heavy (non-hydrogen) atoms. The highest BCUT2D eigenvalue weighted by atomic mass is 16.5. The maximum Gasteiger partial charge on any atom is 0.336 e. The zero-order valence-corrected chi connectivity index (χ0v) is 9.53. The van der Waals surface area contributed by atoms with Crippen LogP contribution in [0.25, 0.3) is 0 Å². The van der Waals surface area contributed by atoms with Crippen molar-refractivity contribution in [2.45, 2.75) is 13.3 Å². The van der Waals surface area contributed by atoms with Gasteiger partial charge in [-0.25, -0.2) is 4.79 Å². The van der Waals surface area contributed by atoms with Crippen molar-refractivity contribution in [1.82, 2.24) is 0 Å². The van der Waals surface area contributed by atoms with Crippen molar-refractivity contribution >= 4 is 5.97 Å². The fraction of sp³-hybridized carbons (Fsp3) is 0.417. The van der Waals surface area contributed by atoms with Crippen molar-refractivity contribution in [3.05, 3.63) is 29.3 Å². The first-order chi connectivity index (χ1) is 7.65. The molecule has 0 aliphatic rings. The fourth-order valence-electron chi connectivity index (χ4n) is 1.31. The molecule has 0 bridgehead atoms. The molecule has 0 unspecified atom stereocenters. The van der Waals surface area contributed by atoms with Crippen molar-refractivity contribution in [3.63, 3.8) is 0 Å². The molecular formula is C12H16O4. The van der Waals surface area contributed by atoms with Crippen LogP contribution in [0.4, 0.5) is 0 Å². The summed E-state index contributed by atoms with van der Waals surface area (Å²) in [5.74, 6) is -0.348. The van der Waals surface area contributed by atoms with E-state index in [9.17, 15) is 4.79 Å². The second kappa shape index (κ2) is 6.12. The number of rotatable bonds is 6. The lowest BCUT2D eigenvalue weighted by atomic mass is 10.1. The Kier molecular flexibility index (Phi) is 4.79. The largest absolute Gasteiger partial charge is 0.493 e. The van der Waals surface area contributed by atoms with Gasteiger partial charge in [0.25, 0.3) is 0 Å². The fourth-order valence-corrected chi connectivity index (χ4v) is 1.31. The molecule has 4 heteroatoms. The summed E-state index contributed by atoms with van der Waals surface area (Å²) in [7, 11) is 1.63. The van der Waals surface area contributed by atoms with Crippen LogP contribution in [0.5, 0.6) is 5.75 Å². The van der Waals surface area contributed by atoms with E-state index in [1.165, 1.54) is 0 Å². The summed E-state index contributed by atoms with van der Waals surface area (Å²) in [6.45, 7) is 2.92. The number of benzene rings is 1. The first-order valence-electron chi connectivity index (χ1n) is 5.11. The molecule has 0 spiro atoms. The summed E-state index contributed by atoms with van der Waals surface area (Å²) in [5, 5.41) is 8.92. The monoisotopic (exact) mass is 224 g/mol. The second-order valence-electron chi connectivity index (χ2n) is 3.48. The van der Waals surface area contributed by atoms with Crippen LogP contribution in [0.15, 0.2) is 18.2 Å². The number of carboxylic acid groups (broad SMARTS) is 1. The number of aryl methyl sites for hydroxylation is 1. The van der Waals surface area contributed by atoms with E-state index < -0.39 is 5.97 Å². The first-order valence-corrected chi connectivity index (χ1v) is 5.11. The Bertz CT molecular complexity index is 360. The SMILES string of the molecule is COCCCOc1ccc(C)c(C(=O)O)c1. The van der Waals surface area contributed by atoms with Crippen LogP contribution in [-0.2, 0) is 4.74 Å². The minimum Gasteiger partial charge on any atom is -0.493 e. The molecule has 1 aromatic carbocycles. The minimum absolute atomic E-state index is 0.282. The van der Waals surface area contributed by atoms with Gasteiger partial charge < -0.3 is 14.6 Å². The average Bonchev–Trinajstić information content (AvgIpc) is 2.26. The Balaban J connectivity index is 2.61. The minimum atomic E-state index is -0.931. The number of carbonyl (C=O) groups is 1. The number of hydrogen-bond donors (Lipinski definition) is 1. The van der Waals surface area contributed by atoms with Crippen LogP contribution in [-0.4, -0.2) is 31.4 Å². The van der Waals surface area contributed by atoms with E-state index in [2.05, 4.69) is 0 Å². The smallest absolute Gasteiger partial charge is 0.336 e. The van der Waals surface area contributed by atoms with Crippen LogP contribution in [0, 0.1) is 6.92 Å². The lowest BCUT2D eigenvalue weighted by Gasteiger charge is -2.08. The maximum atomic E-state index is 10.9. The number of carboxylic acids is 1. The second-order valence-corrected chi connectivity index (χ2v) is 3.48. The van der Waals surface area contributed by atoms with Crippen molar-refractivity contribution in [1.29, 1.82) is 0 Å². The Hall–Kier alpha value is -1.55. The molecule has 88 valence electrons. The first kappa shape index (κ1) is 12.5. The molecule has 4 nitrogen and oxygen atoms in total. The van der Waals surface area contributed by atoms with E-state index in [-0.39, 0.29) is 5.56 Å². The van der Waals surface area contributed by atoms with Gasteiger partial charge in [0.05, 0.1) is 12.2 Å². The normalized spacial score (nSPS) is 10.1. The van der Waals surface area contributed by atoms with Crippen LogP contribution in [0.2, 0.25) is 0 Å². The van der Waals surface area contributed by atoms with Crippen LogP contribution in [0.1, 0.15) is 22.3 Å². The molecule has 0 heterocycles. The van der Waals surface area contributed by atoms with Gasteiger partial charge in [-0.1, -0.05) is 6.07 Å². The molecule has 1 N–H and O–H groups in total.